The van der Waals surface area contributed by atoms with Crippen molar-refractivity contribution in [3.63, 3.8) is 0 Å². The van der Waals surface area contributed by atoms with Crippen molar-refractivity contribution in [3.05, 3.63) is 45.4 Å². The van der Waals surface area contributed by atoms with Crippen LogP contribution in [-0.4, -0.2) is 10.1 Å². The molecule has 0 fully saturated rings. The molecular weight excluding hydrogens is 256 g/mol. The van der Waals surface area contributed by atoms with Crippen LogP contribution in [-0.2, 0) is 0 Å². The van der Waals surface area contributed by atoms with E-state index in [0.29, 0.717) is 27.4 Å². The fourth-order valence-electron chi connectivity index (χ4n) is 1.61. The van der Waals surface area contributed by atoms with E-state index in [4.69, 9.17) is 20.5 Å². The summed E-state index contributed by atoms with van der Waals surface area (Å²) in [6.07, 6.45) is 0. The molecule has 2 aromatic heterocycles. The Morgan fingerprint density at radius 1 is 1.28 bits per heavy atom. The van der Waals surface area contributed by atoms with Gasteiger partial charge < -0.3 is 8.94 Å². The average Bonchev–Trinajstić information content (AvgIpc) is 2.75. The van der Waals surface area contributed by atoms with Crippen molar-refractivity contribution >= 4 is 22.6 Å². The Hall–Kier alpha value is -2.14. The lowest BCUT2D eigenvalue weighted by Crippen LogP contribution is -2.07. The van der Waals surface area contributed by atoms with Crippen LogP contribution in [0.5, 0.6) is 0 Å². The van der Waals surface area contributed by atoms with Gasteiger partial charge in [-0.1, -0.05) is 16.8 Å². The minimum absolute atomic E-state index is 0.117. The van der Waals surface area contributed by atoms with Crippen molar-refractivity contribution in [2.75, 3.05) is 0 Å². The summed E-state index contributed by atoms with van der Waals surface area (Å²) >= 11 is 5.86. The van der Waals surface area contributed by atoms with E-state index in [1.807, 2.05) is 0 Å². The Morgan fingerprint density at radius 2 is 2.11 bits per heavy atom. The topological polar surface area (TPSA) is 69.1 Å². The van der Waals surface area contributed by atoms with Crippen LogP contribution in [0.3, 0.4) is 0 Å². The normalized spacial score (nSPS) is 11.0. The summed E-state index contributed by atoms with van der Waals surface area (Å²) < 4.78 is 10.4. The highest BCUT2D eigenvalue weighted by Gasteiger charge is 2.12. The van der Waals surface area contributed by atoms with Gasteiger partial charge in [-0.25, -0.2) is 0 Å². The van der Waals surface area contributed by atoms with Gasteiger partial charge in [0.1, 0.15) is 11.3 Å². The summed E-state index contributed by atoms with van der Waals surface area (Å²) in [6, 6.07) is 6.40. The molecule has 0 aliphatic carbocycles. The second-order valence-electron chi connectivity index (χ2n) is 3.79. The van der Waals surface area contributed by atoms with Crippen LogP contribution < -0.4 is 5.56 Å². The quantitative estimate of drug-likeness (QED) is 0.674. The van der Waals surface area contributed by atoms with Crippen LogP contribution in [0, 0.1) is 6.92 Å². The third-order valence-corrected chi connectivity index (χ3v) is 2.67. The predicted octanol–water partition coefficient (Wildman–Crippen LogP) is 2.80. The van der Waals surface area contributed by atoms with Crippen molar-refractivity contribution in [2.24, 2.45) is 0 Å². The molecule has 0 amide bonds. The molecule has 0 bridgehead atoms. The summed E-state index contributed by atoms with van der Waals surface area (Å²) in [5.74, 6) is 0.729. The molecule has 0 radical (unpaired) electrons. The maximum Gasteiger partial charge on any atom is 0.284 e. The average molecular weight is 263 g/mol. The Balaban J connectivity index is 2.29. The van der Waals surface area contributed by atoms with Crippen LogP contribution >= 0.6 is 11.6 Å². The lowest BCUT2D eigenvalue weighted by Gasteiger charge is -1.98. The monoisotopic (exact) mass is 262 g/mol. The molecule has 18 heavy (non-hydrogen) atoms. The van der Waals surface area contributed by atoms with Crippen molar-refractivity contribution in [3.8, 4) is 11.6 Å². The highest BCUT2D eigenvalue weighted by molar-refractivity contribution is 6.31. The molecule has 0 aliphatic rings. The van der Waals surface area contributed by atoms with Crippen LogP contribution in [0.25, 0.3) is 22.6 Å². The molecule has 6 heteroatoms. The highest BCUT2D eigenvalue weighted by Crippen LogP contribution is 2.21. The smallest absolute Gasteiger partial charge is 0.284 e. The van der Waals surface area contributed by atoms with Crippen LogP contribution in [0.4, 0.5) is 0 Å². The maximum atomic E-state index is 11.8. The fourth-order valence-corrected chi connectivity index (χ4v) is 1.78. The molecule has 0 saturated heterocycles. The zero-order chi connectivity index (χ0) is 12.7. The number of aryl methyl sites for hydroxylation is 1. The molecule has 1 aromatic carbocycles. The summed E-state index contributed by atoms with van der Waals surface area (Å²) in [6.45, 7) is 1.74. The molecule has 0 N–H and O–H groups in total. The lowest BCUT2D eigenvalue weighted by atomic mass is 10.2. The predicted molar refractivity (Wildman–Crippen MR) is 65.5 cm³/mol. The van der Waals surface area contributed by atoms with Crippen LogP contribution in [0.2, 0.25) is 5.02 Å². The van der Waals surface area contributed by atoms with Gasteiger partial charge in [0.2, 0.25) is 0 Å². The highest BCUT2D eigenvalue weighted by atomic mass is 35.5. The first-order chi connectivity index (χ1) is 8.63. The standard InChI is InChI=1S/C12H7ClN2O3/c1-6-4-9(15-18-6)12-14-11(16)8-3-2-7(13)5-10(8)17-12/h2-5H,1H3. The Labute approximate surface area is 106 Å². The number of rotatable bonds is 1. The van der Waals surface area contributed by atoms with Gasteiger partial charge in [0.05, 0.1) is 5.39 Å². The van der Waals surface area contributed by atoms with E-state index in [1.54, 1.807) is 31.2 Å². The van der Waals surface area contributed by atoms with E-state index < -0.39 is 0 Å². The maximum absolute atomic E-state index is 11.8. The first-order valence-corrected chi connectivity index (χ1v) is 5.55. The van der Waals surface area contributed by atoms with Gasteiger partial charge in [0.25, 0.3) is 11.4 Å². The van der Waals surface area contributed by atoms with Gasteiger partial charge >= 0.3 is 0 Å². The van der Waals surface area contributed by atoms with E-state index in [0.717, 1.165) is 0 Å². The second kappa shape index (κ2) is 3.96. The zero-order valence-corrected chi connectivity index (χ0v) is 10.1. The first-order valence-electron chi connectivity index (χ1n) is 5.17. The molecule has 0 saturated carbocycles. The minimum atomic E-state index is -0.386. The SMILES string of the molecule is Cc1cc(-c2nc(=O)c3ccc(Cl)cc3o2)no1. The molecule has 90 valence electrons. The molecule has 0 unspecified atom stereocenters. The lowest BCUT2D eigenvalue weighted by molar-refractivity contribution is 0.397. The Morgan fingerprint density at radius 3 is 2.83 bits per heavy atom. The van der Waals surface area contributed by atoms with Crippen molar-refractivity contribution < 1.29 is 8.94 Å². The molecule has 0 atom stereocenters. The van der Waals surface area contributed by atoms with Crippen molar-refractivity contribution in [1.82, 2.24) is 10.1 Å². The number of nitrogens with zero attached hydrogens (tertiary/aromatic N) is 2. The van der Waals surface area contributed by atoms with Crippen LogP contribution in [0.15, 0.2) is 38.0 Å². The summed E-state index contributed by atoms with van der Waals surface area (Å²) in [4.78, 5) is 15.6. The number of hydrogen-bond donors (Lipinski definition) is 0. The number of benzene rings is 1. The summed E-state index contributed by atoms with van der Waals surface area (Å²) in [5, 5.41) is 4.62. The van der Waals surface area contributed by atoms with E-state index in [-0.39, 0.29) is 11.4 Å². The molecule has 2 heterocycles. The zero-order valence-electron chi connectivity index (χ0n) is 9.31. The number of fused-ring (bicyclic) bond motifs is 1. The molecule has 0 aliphatic heterocycles. The summed E-state index contributed by atoms with van der Waals surface area (Å²) in [5.41, 5.74) is 0.369. The minimum Gasteiger partial charge on any atom is -0.436 e. The number of hydrogen-bond acceptors (Lipinski definition) is 5. The largest absolute Gasteiger partial charge is 0.436 e. The van der Waals surface area contributed by atoms with Gasteiger partial charge in [-0.15, -0.1) is 0 Å². The molecule has 3 aromatic rings. The van der Waals surface area contributed by atoms with E-state index >= 15 is 0 Å². The molecule has 3 rings (SSSR count). The van der Waals surface area contributed by atoms with Crippen LogP contribution in [0.1, 0.15) is 5.76 Å². The Bertz CT molecular complexity index is 791. The number of aromatic nitrogens is 2. The van der Waals surface area contributed by atoms with Gasteiger partial charge in [-0.3, -0.25) is 4.79 Å². The molecule has 5 nitrogen and oxygen atoms in total. The van der Waals surface area contributed by atoms with Gasteiger partial charge in [0, 0.05) is 17.2 Å². The van der Waals surface area contributed by atoms with E-state index in [2.05, 4.69) is 10.1 Å². The third kappa shape index (κ3) is 1.78. The van der Waals surface area contributed by atoms with Crippen molar-refractivity contribution in [1.29, 1.82) is 0 Å². The second-order valence-corrected chi connectivity index (χ2v) is 4.22. The van der Waals surface area contributed by atoms with E-state index in [9.17, 15) is 4.79 Å². The van der Waals surface area contributed by atoms with Crippen molar-refractivity contribution in [2.45, 2.75) is 6.92 Å². The van der Waals surface area contributed by atoms with E-state index in [1.165, 1.54) is 0 Å². The summed E-state index contributed by atoms with van der Waals surface area (Å²) in [7, 11) is 0. The van der Waals surface area contributed by atoms with Gasteiger partial charge in [0.15, 0.2) is 5.69 Å². The molecular formula is C12H7ClN2O3. The number of halogens is 1. The first kappa shape index (κ1) is 11.0. The third-order valence-electron chi connectivity index (χ3n) is 2.43. The molecule has 0 spiro atoms. The Kier molecular flexibility index (Phi) is 2.41. The van der Waals surface area contributed by atoms with Gasteiger partial charge in [-0.05, 0) is 19.1 Å². The van der Waals surface area contributed by atoms with Gasteiger partial charge in [-0.2, -0.15) is 4.98 Å². The fraction of sp³-hybridized carbons (Fsp3) is 0.0833.